The highest BCUT2D eigenvalue weighted by atomic mass is 79.9. The fourth-order valence-corrected chi connectivity index (χ4v) is 4.03. The summed E-state index contributed by atoms with van der Waals surface area (Å²) in [5.41, 5.74) is 4.09. The van der Waals surface area contributed by atoms with Crippen LogP contribution in [-0.4, -0.2) is 11.1 Å². The number of rotatable bonds is 3. The van der Waals surface area contributed by atoms with Crippen molar-refractivity contribution in [2.45, 2.75) is 13.8 Å². The van der Waals surface area contributed by atoms with Crippen LogP contribution >= 0.6 is 27.7 Å². The van der Waals surface area contributed by atoms with E-state index in [0.29, 0.717) is 15.8 Å². The second-order valence-electron chi connectivity index (χ2n) is 6.54. The van der Waals surface area contributed by atoms with E-state index in [1.165, 1.54) is 11.8 Å². The number of halogens is 1. The largest absolute Gasteiger partial charge is 0.457 e. The number of benzene rings is 2. The van der Waals surface area contributed by atoms with Crippen molar-refractivity contribution in [1.29, 1.82) is 0 Å². The summed E-state index contributed by atoms with van der Waals surface area (Å²) in [7, 11) is 0. The third-order valence-electron chi connectivity index (χ3n) is 4.12. The molecule has 1 N–H and O–H groups in total. The first-order valence-corrected chi connectivity index (χ1v) is 10.3. The Kier molecular flexibility index (Phi) is 5.24. The lowest BCUT2D eigenvalue weighted by Gasteiger charge is -2.00. The average Bonchev–Trinajstić information content (AvgIpc) is 3.22. The van der Waals surface area contributed by atoms with Crippen LogP contribution in [0.1, 0.15) is 16.9 Å². The normalized spacial score (nSPS) is 16.8. The first kappa shape index (κ1) is 18.8. The molecular formula is C22H17BrN2O2S. The summed E-state index contributed by atoms with van der Waals surface area (Å²) >= 11 is 4.74. The first-order valence-electron chi connectivity index (χ1n) is 8.70. The van der Waals surface area contributed by atoms with Gasteiger partial charge < -0.3 is 9.73 Å². The number of carbonyl (C=O) groups excluding carboxylic acids is 1. The van der Waals surface area contributed by atoms with Crippen molar-refractivity contribution in [3.8, 4) is 11.3 Å². The minimum atomic E-state index is -0.172. The molecule has 140 valence electrons. The van der Waals surface area contributed by atoms with Crippen molar-refractivity contribution in [1.82, 2.24) is 5.32 Å². The van der Waals surface area contributed by atoms with E-state index in [0.717, 1.165) is 32.6 Å². The molecule has 0 atom stereocenters. The van der Waals surface area contributed by atoms with E-state index in [1.54, 1.807) is 6.08 Å². The lowest BCUT2D eigenvalue weighted by atomic mass is 10.1. The molecular weight excluding hydrogens is 436 g/mol. The van der Waals surface area contributed by atoms with Crippen LogP contribution in [0.5, 0.6) is 0 Å². The molecule has 0 bridgehead atoms. The summed E-state index contributed by atoms with van der Waals surface area (Å²) in [4.78, 5) is 17.4. The fourth-order valence-electron chi connectivity index (χ4n) is 2.94. The van der Waals surface area contributed by atoms with Gasteiger partial charge in [0.15, 0.2) is 5.17 Å². The maximum absolute atomic E-state index is 12.3. The number of furan rings is 1. The topological polar surface area (TPSA) is 54.6 Å². The minimum absolute atomic E-state index is 0.172. The predicted octanol–water partition coefficient (Wildman–Crippen LogP) is 6.22. The quantitative estimate of drug-likeness (QED) is 0.480. The molecule has 0 spiro atoms. The molecule has 6 heteroatoms. The number of hydrogen-bond acceptors (Lipinski definition) is 4. The molecule has 0 radical (unpaired) electrons. The number of aryl methyl sites for hydroxylation is 2. The van der Waals surface area contributed by atoms with Crippen LogP contribution in [0.2, 0.25) is 0 Å². The number of aliphatic imine (C=N–C) groups is 1. The molecule has 4 nitrogen and oxygen atoms in total. The van der Waals surface area contributed by atoms with E-state index < -0.39 is 0 Å². The van der Waals surface area contributed by atoms with E-state index in [1.807, 2.05) is 62.4 Å². The van der Waals surface area contributed by atoms with Gasteiger partial charge in [0.1, 0.15) is 11.5 Å². The predicted molar refractivity (Wildman–Crippen MR) is 119 cm³/mol. The van der Waals surface area contributed by atoms with E-state index in [9.17, 15) is 4.79 Å². The summed E-state index contributed by atoms with van der Waals surface area (Å²) < 4.78 is 6.89. The summed E-state index contributed by atoms with van der Waals surface area (Å²) in [6, 6.07) is 17.7. The molecule has 4 rings (SSSR count). The van der Waals surface area contributed by atoms with Gasteiger partial charge in [-0.1, -0.05) is 34.1 Å². The monoisotopic (exact) mass is 452 g/mol. The average molecular weight is 453 g/mol. The molecule has 0 unspecified atom stereocenters. The van der Waals surface area contributed by atoms with Gasteiger partial charge in [-0.3, -0.25) is 4.79 Å². The van der Waals surface area contributed by atoms with Gasteiger partial charge in [-0.2, -0.15) is 0 Å². The second-order valence-corrected chi connectivity index (χ2v) is 8.48. The van der Waals surface area contributed by atoms with Gasteiger partial charge in [0.2, 0.25) is 0 Å². The Morgan fingerprint density at radius 2 is 1.75 bits per heavy atom. The van der Waals surface area contributed by atoms with Gasteiger partial charge >= 0.3 is 0 Å². The number of nitrogens with zero attached hydrogens (tertiary/aromatic N) is 1. The van der Waals surface area contributed by atoms with Gasteiger partial charge in [0, 0.05) is 16.1 Å². The standard InChI is InChI=1S/C22H17BrN2O2S/c1-13-9-14(2)11-17(10-13)24-22-25-21(26)20(28-22)12-18-7-8-19(27-18)15-3-5-16(23)6-4-15/h3-12H,1-2H3,(H,24,25,26)/b20-12-. The second kappa shape index (κ2) is 7.81. The Morgan fingerprint density at radius 1 is 1.04 bits per heavy atom. The summed E-state index contributed by atoms with van der Waals surface area (Å²) in [6.07, 6.45) is 1.74. The van der Waals surface area contributed by atoms with E-state index in [-0.39, 0.29) is 5.91 Å². The van der Waals surface area contributed by atoms with Crippen molar-refractivity contribution in [2.24, 2.45) is 4.99 Å². The highest BCUT2D eigenvalue weighted by molar-refractivity contribution is 9.10. The van der Waals surface area contributed by atoms with Crippen LogP contribution in [0.4, 0.5) is 5.69 Å². The maximum Gasteiger partial charge on any atom is 0.264 e. The minimum Gasteiger partial charge on any atom is -0.457 e. The molecule has 1 saturated heterocycles. The van der Waals surface area contributed by atoms with Crippen molar-refractivity contribution < 1.29 is 9.21 Å². The van der Waals surface area contributed by atoms with E-state index >= 15 is 0 Å². The van der Waals surface area contributed by atoms with Crippen LogP contribution in [0.3, 0.4) is 0 Å². The first-order chi connectivity index (χ1) is 13.5. The SMILES string of the molecule is Cc1cc(C)cc(N=C2NC(=O)/C(=C/c3ccc(-c4ccc(Br)cc4)o3)S2)c1. The molecule has 0 aliphatic carbocycles. The lowest BCUT2D eigenvalue weighted by molar-refractivity contribution is -0.115. The van der Waals surface area contributed by atoms with Crippen LogP contribution in [0.25, 0.3) is 17.4 Å². The molecule has 1 aromatic heterocycles. The third kappa shape index (κ3) is 4.29. The number of amides is 1. The molecule has 0 saturated carbocycles. The molecule has 2 aromatic carbocycles. The number of carbonyl (C=O) groups is 1. The Labute approximate surface area is 175 Å². The molecule has 1 aliphatic heterocycles. The maximum atomic E-state index is 12.3. The summed E-state index contributed by atoms with van der Waals surface area (Å²) in [5.74, 6) is 1.21. The third-order valence-corrected chi connectivity index (χ3v) is 5.56. The van der Waals surface area contributed by atoms with Crippen molar-refractivity contribution in [3.05, 3.63) is 80.9 Å². The lowest BCUT2D eigenvalue weighted by Crippen LogP contribution is -2.19. The van der Waals surface area contributed by atoms with Crippen molar-refractivity contribution in [2.75, 3.05) is 0 Å². The van der Waals surface area contributed by atoms with Crippen LogP contribution in [0.15, 0.2) is 73.4 Å². The fraction of sp³-hybridized carbons (Fsp3) is 0.0909. The number of thioether (sulfide) groups is 1. The Morgan fingerprint density at radius 3 is 2.46 bits per heavy atom. The summed E-state index contributed by atoms with van der Waals surface area (Å²) in [5, 5.41) is 3.39. The molecule has 3 aromatic rings. The van der Waals surface area contributed by atoms with Gasteiger partial charge in [0.25, 0.3) is 5.91 Å². The molecule has 1 amide bonds. The molecule has 28 heavy (non-hydrogen) atoms. The Balaban J connectivity index is 1.55. The van der Waals surface area contributed by atoms with Gasteiger partial charge in [0.05, 0.1) is 10.6 Å². The van der Waals surface area contributed by atoms with E-state index in [4.69, 9.17) is 4.42 Å². The van der Waals surface area contributed by atoms with Crippen molar-refractivity contribution in [3.63, 3.8) is 0 Å². The molecule has 1 aliphatic rings. The number of nitrogens with one attached hydrogen (secondary N) is 1. The Bertz CT molecular complexity index is 1090. The zero-order valence-electron chi connectivity index (χ0n) is 15.3. The van der Waals surface area contributed by atoms with Crippen LogP contribution in [0, 0.1) is 13.8 Å². The highest BCUT2D eigenvalue weighted by Crippen LogP contribution is 2.30. The summed E-state index contributed by atoms with van der Waals surface area (Å²) in [6.45, 7) is 4.06. The van der Waals surface area contributed by atoms with Crippen molar-refractivity contribution >= 4 is 50.5 Å². The smallest absolute Gasteiger partial charge is 0.264 e. The number of amidine groups is 1. The van der Waals surface area contributed by atoms with Crippen LogP contribution in [-0.2, 0) is 4.79 Å². The van der Waals surface area contributed by atoms with Gasteiger partial charge in [-0.05, 0) is 73.1 Å². The molecule has 1 fully saturated rings. The van der Waals surface area contributed by atoms with Crippen LogP contribution < -0.4 is 5.32 Å². The van der Waals surface area contributed by atoms with Gasteiger partial charge in [-0.25, -0.2) is 4.99 Å². The van der Waals surface area contributed by atoms with E-state index in [2.05, 4.69) is 32.3 Å². The number of hydrogen-bond donors (Lipinski definition) is 1. The molecule has 2 heterocycles. The zero-order valence-corrected chi connectivity index (χ0v) is 17.7. The highest BCUT2D eigenvalue weighted by Gasteiger charge is 2.24. The zero-order chi connectivity index (χ0) is 19.7. The van der Waals surface area contributed by atoms with Gasteiger partial charge in [-0.15, -0.1) is 0 Å². The Hall–Kier alpha value is -2.57.